The van der Waals surface area contributed by atoms with E-state index in [9.17, 15) is 13.2 Å². The maximum atomic E-state index is 12.1. The second kappa shape index (κ2) is 4.34. The molecule has 0 spiro atoms. The molecule has 7 heteroatoms. The fraction of sp³-hybridized carbons (Fsp3) is 0.500. The summed E-state index contributed by atoms with van der Waals surface area (Å²) >= 11 is 3.12. The molecule has 15 heavy (non-hydrogen) atoms. The Morgan fingerprint density at radius 1 is 1.33 bits per heavy atom. The smallest absolute Gasteiger partial charge is 0.383 e. The van der Waals surface area contributed by atoms with Gasteiger partial charge in [-0.2, -0.15) is 13.2 Å². The summed E-state index contributed by atoms with van der Waals surface area (Å²) in [4.78, 5) is 7.35. The van der Waals surface area contributed by atoms with Gasteiger partial charge in [0.1, 0.15) is 18.1 Å². The van der Waals surface area contributed by atoms with E-state index in [2.05, 4.69) is 25.9 Å². The van der Waals surface area contributed by atoms with Crippen LogP contribution in [0.4, 0.5) is 19.0 Å². The lowest BCUT2D eigenvalue weighted by molar-refractivity contribution is -0.128. The largest absolute Gasteiger partial charge is 0.396 e. The predicted octanol–water partition coefficient (Wildman–Crippen LogP) is 2.49. The van der Waals surface area contributed by atoms with Gasteiger partial charge in [-0.3, -0.25) is 0 Å². The molecule has 1 aromatic heterocycles. The molecule has 0 aromatic carbocycles. The highest BCUT2D eigenvalue weighted by Crippen LogP contribution is 2.24. The van der Waals surface area contributed by atoms with Crippen LogP contribution in [-0.2, 0) is 12.8 Å². The van der Waals surface area contributed by atoms with E-state index in [1.54, 1.807) is 6.92 Å². The minimum atomic E-state index is -4.31. The summed E-state index contributed by atoms with van der Waals surface area (Å²) in [5.74, 6) is -0.249. The van der Waals surface area contributed by atoms with Crippen molar-refractivity contribution in [3.63, 3.8) is 0 Å². The first kappa shape index (κ1) is 12.2. The second-order valence-corrected chi connectivity index (χ2v) is 3.72. The molecule has 1 rings (SSSR count). The molecule has 0 fully saturated rings. The van der Waals surface area contributed by atoms with Gasteiger partial charge in [0.15, 0.2) is 0 Å². The molecule has 1 aromatic rings. The fourth-order valence-electron chi connectivity index (χ4n) is 1.06. The van der Waals surface area contributed by atoms with Gasteiger partial charge in [-0.05, 0) is 22.4 Å². The molecule has 0 radical (unpaired) electrons. The van der Waals surface area contributed by atoms with Crippen LogP contribution in [0.3, 0.4) is 0 Å². The van der Waals surface area contributed by atoms with E-state index in [-0.39, 0.29) is 11.6 Å². The average Bonchev–Trinajstić information content (AvgIpc) is 2.08. The van der Waals surface area contributed by atoms with E-state index in [4.69, 9.17) is 5.73 Å². The number of nitrogens with two attached hydrogens (primary N) is 1. The van der Waals surface area contributed by atoms with Gasteiger partial charge in [-0.1, -0.05) is 6.92 Å². The molecule has 0 amide bonds. The van der Waals surface area contributed by atoms with Gasteiger partial charge in [0.25, 0.3) is 0 Å². The zero-order valence-corrected chi connectivity index (χ0v) is 9.48. The number of aryl methyl sites for hydroxylation is 1. The third-order valence-electron chi connectivity index (χ3n) is 1.69. The summed E-state index contributed by atoms with van der Waals surface area (Å²) in [6.45, 7) is 1.78. The minimum absolute atomic E-state index is 0.0427. The van der Waals surface area contributed by atoms with Crippen LogP contribution in [0.1, 0.15) is 18.4 Å². The third-order valence-corrected chi connectivity index (χ3v) is 2.55. The van der Waals surface area contributed by atoms with Gasteiger partial charge >= 0.3 is 6.18 Å². The Labute approximate surface area is 93.0 Å². The van der Waals surface area contributed by atoms with Crippen molar-refractivity contribution in [3.8, 4) is 0 Å². The maximum Gasteiger partial charge on any atom is 0.396 e. The van der Waals surface area contributed by atoms with Crippen LogP contribution in [0.15, 0.2) is 4.47 Å². The van der Waals surface area contributed by atoms with Gasteiger partial charge < -0.3 is 5.73 Å². The summed E-state index contributed by atoms with van der Waals surface area (Å²) in [6, 6.07) is 0. The van der Waals surface area contributed by atoms with E-state index in [0.717, 1.165) is 0 Å². The van der Waals surface area contributed by atoms with Crippen LogP contribution in [0, 0.1) is 0 Å². The second-order valence-electron chi connectivity index (χ2n) is 2.93. The zero-order chi connectivity index (χ0) is 11.6. The first-order valence-corrected chi connectivity index (χ1v) is 5.00. The van der Waals surface area contributed by atoms with Crippen LogP contribution in [-0.4, -0.2) is 16.1 Å². The van der Waals surface area contributed by atoms with Crippen molar-refractivity contribution >= 4 is 21.7 Å². The molecule has 84 valence electrons. The number of alkyl halides is 3. The van der Waals surface area contributed by atoms with Crippen LogP contribution < -0.4 is 5.73 Å². The first-order chi connectivity index (χ1) is 6.83. The third kappa shape index (κ3) is 3.33. The van der Waals surface area contributed by atoms with Gasteiger partial charge in [0, 0.05) is 0 Å². The number of nitrogens with zero attached hydrogens (tertiary/aromatic N) is 2. The van der Waals surface area contributed by atoms with Crippen molar-refractivity contribution in [3.05, 3.63) is 16.0 Å². The lowest BCUT2D eigenvalue weighted by atomic mass is 10.3. The SMILES string of the molecule is CCc1nc(CC(F)(F)F)nc(N)c1Br. The van der Waals surface area contributed by atoms with Crippen molar-refractivity contribution in [2.75, 3.05) is 5.73 Å². The lowest BCUT2D eigenvalue weighted by Gasteiger charge is -2.09. The van der Waals surface area contributed by atoms with Crippen molar-refractivity contribution in [1.82, 2.24) is 9.97 Å². The zero-order valence-electron chi connectivity index (χ0n) is 7.90. The Bertz CT molecular complexity index is 365. The Hall–Kier alpha value is -0.850. The molecule has 3 nitrogen and oxygen atoms in total. The molecule has 0 atom stereocenters. The Balaban J connectivity index is 3.06. The number of nitrogen functional groups attached to an aromatic ring is 1. The monoisotopic (exact) mass is 283 g/mol. The van der Waals surface area contributed by atoms with Crippen molar-refractivity contribution in [2.45, 2.75) is 25.9 Å². The molecule has 2 N–H and O–H groups in total. The number of halogens is 4. The Morgan fingerprint density at radius 2 is 1.93 bits per heavy atom. The number of aromatic nitrogens is 2. The molecule has 0 saturated heterocycles. The lowest BCUT2D eigenvalue weighted by Crippen LogP contribution is -2.16. The van der Waals surface area contributed by atoms with Crippen LogP contribution in [0.5, 0.6) is 0 Å². The highest BCUT2D eigenvalue weighted by atomic mass is 79.9. The summed E-state index contributed by atoms with van der Waals surface area (Å²) in [6.07, 6.45) is -4.97. The first-order valence-electron chi connectivity index (χ1n) is 4.21. The maximum absolute atomic E-state index is 12.1. The summed E-state index contributed by atoms with van der Waals surface area (Å²) < 4.78 is 36.7. The minimum Gasteiger partial charge on any atom is -0.383 e. The van der Waals surface area contributed by atoms with Crippen molar-refractivity contribution in [1.29, 1.82) is 0 Å². The van der Waals surface area contributed by atoms with E-state index >= 15 is 0 Å². The van der Waals surface area contributed by atoms with Crippen LogP contribution in [0.25, 0.3) is 0 Å². The van der Waals surface area contributed by atoms with E-state index in [1.165, 1.54) is 0 Å². The van der Waals surface area contributed by atoms with Gasteiger partial charge in [0.2, 0.25) is 0 Å². The topological polar surface area (TPSA) is 51.8 Å². The molecule has 0 saturated carbocycles. The number of hydrogen-bond donors (Lipinski definition) is 1. The molecular formula is C8H9BrF3N3. The summed E-state index contributed by atoms with van der Waals surface area (Å²) in [5.41, 5.74) is 5.94. The quantitative estimate of drug-likeness (QED) is 0.907. The Kier molecular flexibility index (Phi) is 3.54. The summed E-state index contributed by atoms with van der Waals surface area (Å²) in [7, 11) is 0. The van der Waals surface area contributed by atoms with E-state index < -0.39 is 12.6 Å². The van der Waals surface area contributed by atoms with Crippen LogP contribution in [0.2, 0.25) is 0 Å². The molecule has 1 heterocycles. The predicted molar refractivity (Wildman–Crippen MR) is 53.3 cm³/mol. The molecule has 0 aliphatic heterocycles. The highest BCUT2D eigenvalue weighted by Gasteiger charge is 2.30. The number of rotatable bonds is 2. The fourth-order valence-corrected chi connectivity index (χ4v) is 1.52. The standard InChI is InChI=1S/C8H9BrF3N3/c1-2-4-6(9)7(13)15-5(14-4)3-8(10,11)12/h2-3H2,1H3,(H2,13,14,15). The number of hydrogen-bond acceptors (Lipinski definition) is 3. The van der Waals surface area contributed by atoms with Gasteiger partial charge in [-0.25, -0.2) is 9.97 Å². The number of anilines is 1. The highest BCUT2D eigenvalue weighted by molar-refractivity contribution is 9.10. The molecule has 0 unspecified atom stereocenters. The van der Waals surface area contributed by atoms with Gasteiger partial charge in [0.05, 0.1) is 10.2 Å². The average molecular weight is 284 g/mol. The van der Waals surface area contributed by atoms with E-state index in [1.807, 2.05) is 0 Å². The summed E-state index contributed by atoms with van der Waals surface area (Å²) in [5, 5.41) is 0. The normalized spacial score (nSPS) is 11.8. The Morgan fingerprint density at radius 3 is 2.40 bits per heavy atom. The molecule has 0 aliphatic rings. The van der Waals surface area contributed by atoms with Crippen molar-refractivity contribution in [2.24, 2.45) is 0 Å². The molecular weight excluding hydrogens is 275 g/mol. The van der Waals surface area contributed by atoms with Crippen molar-refractivity contribution < 1.29 is 13.2 Å². The van der Waals surface area contributed by atoms with Gasteiger partial charge in [-0.15, -0.1) is 0 Å². The van der Waals surface area contributed by atoms with Crippen LogP contribution >= 0.6 is 15.9 Å². The molecule has 0 bridgehead atoms. The van der Waals surface area contributed by atoms with E-state index in [0.29, 0.717) is 16.6 Å². The molecule has 0 aliphatic carbocycles.